The second-order valence-corrected chi connectivity index (χ2v) is 5.53. The quantitative estimate of drug-likeness (QED) is 0.606. The lowest BCUT2D eigenvalue weighted by Gasteiger charge is -2.12. The molecule has 0 fully saturated rings. The zero-order valence-corrected chi connectivity index (χ0v) is 13.4. The van der Waals surface area contributed by atoms with Gasteiger partial charge in [0, 0.05) is 5.56 Å². The molecule has 0 aromatic heterocycles. The molecule has 1 aromatic carbocycles. The van der Waals surface area contributed by atoms with Gasteiger partial charge in [0.1, 0.15) is 5.75 Å². The molecule has 118 valence electrons. The molecule has 3 heteroatoms. The van der Waals surface area contributed by atoms with Crippen LogP contribution in [0, 0.1) is 0 Å². The minimum atomic E-state index is -0.806. The molecule has 0 heterocycles. The Morgan fingerprint density at radius 1 is 1.10 bits per heavy atom. The molecule has 0 bridgehead atoms. The number of carbonyl (C=O) groups is 1. The van der Waals surface area contributed by atoms with Crippen molar-refractivity contribution in [2.75, 3.05) is 6.61 Å². The Morgan fingerprint density at radius 2 is 1.81 bits per heavy atom. The van der Waals surface area contributed by atoms with Crippen LogP contribution in [0.2, 0.25) is 0 Å². The van der Waals surface area contributed by atoms with Crippen molar-refractivity contribution in [1.82, 2.24) is 0 Å². The number of carboxylic acid groups (broad SMARTS) is 1. The van der Waals surface area contributed by atoms with Gasteiger partial charge in [-0.2, -0.15) is 0 Å². The van der Waals surface area contributed by atoms with Crippen LogP contribution in [-0.4, -0.2) is 17.7 Å². The van der Waals surface area contributed by atoms with Crippen molar-refractivity contribution in [2.45, 2.75) is 65.2 Å². The SMILES string of the molecule is CCCCCOc1ccc(CCCCC)cc1CC(=O)O. The number of hydrogen-bond acceptors (Lipinski definition) is 2. The second kappa shape index (κ2) is 10.3. The first-order chi connectivity index (χ1) is 10.2. The van der Waals surface area contributed by atoms with Crippen LogP contribution in [0.5, 0.6) is 5.75 Å². The lowest BCUT2D eigenvalue weighted by Crippen LogP contribution is -2.06. The zero-order valence-electron chi connectivity index (χ0n) is 13.4. The van der Waals surface area contributed by atoms with Gasteiger partial charge in [-0.1, -0.05) is 51.7 Å². The van der Waals surface area contributed by atoms with Crippen LogP contribution in [0.15, 0.2) is 18.2 Å². The molecular formula is C18H28O3. The molecule has 0 saturated heterocycles. The summed E-state index contributed by atoms with van der Waals surface area (Å²) < 4.78 is 5.76. The zero-order chi connectivity index (χ0) is 15.5. The topological polar surface area (TPSA) is 46.5 Å². The fourth-order valence-corrected chi connectivity index (χ4v) is 2.34. The lowest BCUT2D eigenvalue weighted by molar-refractivity contribution is -0.136. The number of rotatable bonds is 11. The summed E-state index contributed by atoms with van der Waals surface area (Å²) in [6, 6.07) is 6.00. The number of hydrogen-bond donors (Lipinski definition) is 1. The molecule has 0 aliphatic carbocycles. The summed E-state index contributed by atoms with van der Waals surface area (Å²) in [5.74, 6) is -0.0770. The summed E-state index contributed by atoms with van der Waals surface area (Å²) in [5.41, 5.74) is 2.01. The maximum atomic E-state index is 11.0. The fraction of sp³-hybridized carbons (Fsp3) is 0.611. The molecule has 1 aromatic rings. The Hall–Kier alpha value is -1.51. The van der Waals surface area contributed by atoms with E-state index in [-0.39, 0.29) is 6.42 Å². The standard InChI is InChI=1S/C18H28O3/c1-3-5-7-9-15-10-11-17(21-12-8-6-4-2)16(13-15)14-18(19)20/h10-11,13H,3-9,12,14H2,1-2H3,(H,19,20). The molecule has 3 nitrogen and oxygen atoms in total. The van der Waals surface area contributed by atoms with Crippen molar-refractivity contribution in [3.8, 4) is 5.75 Å². The minimum absolute atomic E-state index is 0.0325. The van der Waals surface area contributed by atoms with Crippen molar-refractivity contribution in [1.29, 1.82) is 0 Å². The van der Waals surface area contributed by atoms with Gasteiger partial charge < -0.3 is 9.84 Å². The summed E-state index contributed by atoms with van der Waals surface area (Å²) in [7, 11) is 0. The molecule has 0 saturated carbocycles. The Kier molecular flexibility index (Phi) is 8.56. The maximum Gasteiger partial charge on any atom is 0.307 e. The van der Waals surface area contributed by atoms with Gasteiger partial charge in [-0.25, -0.2) is 0 Å². The predicted octanol–water partition coefficient (Wildman–Crippen LogP) is 4.62. The van der Waals surface area contributed by atoms with Crippen LogP contribution in [0.4, 0.5) is 0 Å². The van der Waals surface area contributed by atoms with Crippen LogP contribution in [-0.2, 0) is 17.6 Å². The van der Waals surface area contributed by atoms with E-state index in [9.17, 15) is 4.79 Å². The van der Waals surface area contributed by atoms with E-state index in [4.69, 9.17) is 9.84 Å². The third-order valence-corrected chi connectivity index (χ3v) is 3.54. The summed E-state index contributed by atoms with van der Waals surface area (Å²) in [5, 5.41) is 9.05. The maximum absolute atomic E-state index is 11.0. The predicted molar refractivity (Wildman–Crippen MR) is 86.0 cm³/mol. The Balaban J connectivity index is 2.69. The molecule has 0 amide bonds. The van der Waals surface area contributed by atoms with Crippen molar-refractivity contribution in [3.05, 3.63) is 29.3 Å². The van der Waals surface area contributed by atoms with Crippen LogP contribution >= 0.6 is 0 Å². The van der Waals surface area contributed by atoms with Gasteiger partial charge in [0.15, 0.2) is 0 Å². The molecule has 0 unspecified atom stereocenters. The molecule has 0 aliphatic heterocycles. The second-order valence-electron chi connectivity index (χ2n) is 5.53. The highest BCUT2D eigenvalue weighted by atomic mass is 16.5. The Bertz CT molecular complexity index is 426. The Labute approximate surface area is 128 Å². The number of aliphatic carboxylic acids is 1. The van der Waals surface area contributed by atoms with Crippen LogP contribution < -0.4 is 4.74 Å². The van der Waals surface area contributed by atoms with E-state index in [1.54, 1.807) is 0 Å². The summed E-state index contributed by atoms with van der Waals surface area (Å²) in [4.78, 5) is 11.0. The van der Waals surface area contributed by atoms with Crippen LogP contribution in [0.3, 0.4) is 0 Å². The van der Waals surface area contributed by atoms with Crippen LogP contribution in [0.1, 0.15) is 63.5 Å². The molecule has 1 N–H and O–H groups in total. The van der Waals surface area contributed by atoms with Gasteiger partial charge >= 0.3 is 5.97 Å². The molecule has 0 spiro atoms. The molecule has 21 heavy (non-hydrogen) atoms. The first kappa shape index (κ1) is 17.5. The summed E-state index contributed by atoms with van der Waals surface area (Å²) in [6.07, 6.45) is 7.91. The average Bonchev–Trinajstić information content (AvgIpc) is 2.45. The van der Waals surface area contributed by atoms with Crippen molar-refractivity contribution < 1.29 is 14.6 Å². The monoisotopic (exact) mass is 292 g/mol. The summed E-state index contributed by atoms with van der Waals surface area (Å²) >= 11 is 0. The van der Waals surface area contributed by atoms with Crippen molar-refractivity contribution >= 4 is 5.97 Å². The molecule has 0 radical (unpaired) electrons. The minimum Gasteiger partial charge on any atom is -0.493 e. The van der Waals surface area contributed by atoms with Crippen molar-refractivity contribution in [2.24, 2.45) is 0 Å². The van der Waals surface area contributed by atoms with Gasteiger partial charge in [-0.3, -0.25) is 4.79 Å². The fourth-order valence-electron chi connectivity index (χ4n) is 2.34. The molecule has 1 rings (SSSR count). The van der Waals surface area contributed by atoms with Crippen LogP contribution in [0.25, 0.3) is 0 Å². The number of unbranched alkanes of at least 4 members (excludes halogenated alkanes) is 4. The van der Waals surface area contributed by atoms with Gasteiger partial charge in [0.2, 0.25) is 0 Å². The van der Waals surface area contributed by atoms with E-state index in [2.05, 4.69) is 19.9 Å². The molecule has 0 atom stereocenters. The van der Waals surface area contributed by atoms with Gasteiger partial charge in [0.25, 0.3) is 0 Å². The first-order valence-electron chi connectivity index (χ1n) is 8.13. The number of ether oxygens (including phenoxy) is 1. The van der Waals surface area contributed by atoms with Gasteiger partial charge in [-0.15, -0.1) is 0 Å². The highest BCUT2D eigenvalue weighted by Crippen LogP contribution is 2.22. The number of aryl methyl sites for hydroxylation is 1. The third-order valence-electron chi connectivity index (χ3n) is 3.54. The average molecular weight is 292 g/mol. The number of benzene rings is 1. The first-order valence-corrected chi connectivity index (χ1v) is 8.13. The van der Waals surface area contributed by atoms with E-state index in [1.165, 1.54) is 18.4 Å². The third kappa shape index (κ3) is 7.16. The van der Waals surface area contributed by atoms with E-state index >= 15 is 0 Å². The number of carboxylic acids is 1. The highest BCUT2D eigenvalue weighted by Gasteiger charge is 2.09. The van der Waals surface area contributed by atoms with Gasteiger partial charge in [0.05, 0.1) is 13.0 Å². The normalized spacial score (nSPS) is 10.6. The van der Waals surface area contributed by atoms with E-state index in [0.717, 1.165) is 43.4 Å². The lowest BCUT2D eigenvalue weighted by atomic mass is 10.0. The highest BCUT2D eigenvalue weighted by molar-refractivity contribution is 5.71. The van der Waals surface area contributed by atoms with E-state index in [0.29, 0.717) is 6.61 Å². The summed E-state index contributed by atoms with van der Waals surface area (Å²) in [6.45, 7) is 5.00. The molecule has 0 aliphatic rings. The largest absolute Gasteiger partial charge is 0.493 e. The van der Waals surface area contributed by atoms with Gasteiger partial charge in [-0.05, 0) is 30.9 Å². The Morgan fingerprint density at radius 3 is 2.48 bits per heavy atom. The van der Waals surface area contributed by atoms with Crippen molar-refractivity contribution in [3.63, 3.8) is 0 Å². The molecular weight excluding hydrogens is 264 g/mol. The van der Waals surface area contributed by atoms with E-state index < -0.39 is 5.97 Å². The smallest absolute Gasteiger partial charge is 0.307 e. The van der Waals surface area contributed by atoms with E-state index in [1.807, 2.05) is 12.1 Å².